The molecule has 0 radical (unpaired) electrons. The third kappa shape index (κ3) is 4.05. The van der Waals surface area contributed by atoms with E-state index in [0.29, 0.717) is 19.1 Å². The van der Waals surface area contributed by atoms with Crippen LogP contribution in [0.15, 0.2) is 24.3 Å². The summed E-state index contributed by atoms with van der Waals surface area (Å²) in [5, 5.41) is 3.51. The van der Waals surface area contributed by atoms with Gasteiger partial charge in [0.1, 0.15) is 0 Å². The quantitative estimate of drug-likeness (QED) is 0.905. The lowest BCUT2D eigenvalue weighted by Crippen LogP contribution is -2.47. The fourth-order valence-electron chi connectivity index (χ4n) is 2.79. The second kappa shape index (κ2) is 7.05. The van der Waals surface area contributed by atoms with Crippen LogP contribution in [0.2, 0.25) is 0 Å². The van der Waals surface area contributed by atoms with Crippen LogP contribution in [0.4, 0.5) is 0 Å². The molecule has 0 bridgehead atoms. The predicted octanol–water partition coefficient (Wildman–Crippen LogP) is 2.35. The van der Waals surface area contributed by atoms with Gasteiger partial charge in [0, 0.05) is 14.1 Å². The van der Waals surface area contributed by atoms with E-state index in [9.17, 15) is 4.79 Å². The number of rotatable bonds is 5. The Bertz CT molecular complexity index is 485. The van der Waals surface area contributed by atoms with E-state index in [-0.39, 0.29) is 18.0 Å². The van der Waals surface area contributed by atoms with E-state index < -0.39 is 0 Å². The fourth-order valence-corrected chi connectivity index (χ4v) is 2.79. The molecule has 0 fully saturated rings. The van der Waals surface area contributed by atoms with Crippen LogP contribution < -0.4 is 5.32 Å². The van der Waals surface area contributed by atoms with Gasteiger partial charge in [0.15, 0.2) is 0 Å². The first-order chi connectivity index (χ1) is 9.99. The SMILES string of the molecule is CC(C)CC(NC1COCc2ccccc21)C(=O)N(C)C. The summed E-state index contributed by atoms with van der Waals surface area (Å²) in [5.74, 6) is 0.595. The van der Waals surface area contributed by atoms with Gasteiger partial charge in [-0.15, -0.1) is 0 Å². The highest BCUT2D eigenvalue weighted by Crippen LogP contribution is 2.25. The normalized spacial score (nSPS) is 19.2. The van der Waals surface area contributed by atoms with Crippen LogP contribution in [0.3, 0.4) is 0 Å². The molecule has 0 aromatic heterocycles. The van der Waals surface area contributed by atoms with Gasteiger partial charge in [-0.25, -0.2) is 0 Å². The van der Waals surface area contributed by atoms with Crippen molar-refractivity contribution < 1.29 is 9.53 Å². The van der Waals surface area contributed by atoms with Crippen molar-refractivity contribution in [2.24, 2.45) is 5.92 Å². The van der Waals surface area contributed by atoms with Gasteiger partial charge < -0.3 is 9.64 Å². The minimum atomic E-state index is -0.167. The average molecular weight is 290 g/mol. The van der Waals surface area contributed by atoms with Gasteiger partial charge >= 0.3 is 0 Å². The molecule has 0 saturated heterocycles. The van der Waals surface area contributed by atoms with Crippen molar-refractivity contribution in [3.8, 4) is 0 Å². The zero-order valence-corrected chi connectivity index (χ0v) is 13.4. The molecule has 0 aliphatic carbocycles. The molecule has 1 aliphatic heterocycles. The van der Waals surface area contributed by atoms with Crippen molar-refractivity contribution in [1.29, 1.82) is 0 Å². The first-order valence-electron chi connectivity index (χ1n) is 7.61. The van der Waals surface area contributed by atoms with Gasteiger partial charge in [-0.05, 0) is 23.5 Å². The third-order valence-corrected chi connectivity index (χ3v) is 3.82. The Morgan fingerprint density at radius 3 is 2.76 bits per heavy atom. The number of nitrogens with zero attached hydrogens (tertiary/aromatic N) is 1. The lowest BCUT2D eigenvalue weighted by molar-refractivity contribution is -0.131. The lowest BCUT2D eigenvalue weighted by Gasteiger charge is -2.31. The van der Waals surface area contributed by atoms with Gasteiger partial charge in [-0.1, -0.05) is 38.1 Å². The summed E-state index contributed by atoms with van der Waals surface area (Å²) in [7, 11) is 3.62. The number of hydrogen-bond donors (Lipinski definition) is 1. The van der Waals surface area contributed by atoms with E-state index in [1.807, 2.05) is 26.2 Å². The van der Waals surface area contributed by atoms with Crippen LogP contribution in [0, 0.1) is 5.92 Å². The van der Waals surface area contributed by atoms with E-state index in [4.69, 9.17) is 4.74 Å². The molecular formula is C17H26N2O2. The minimum absolute atomic E-state index is 0.0857. The summed E-state index contributed by atoms with van der Waals surface area (Å²) >= 11 is 0. The maximum atomic E-state index is 12.4. The van der Waals surface area contributed by atoms with Crippen LogP contribution in [0.25, 0.3) is 0 Å². The molecule has 21 heavy (non-hydrogen) atoms. The molecule has 0 spiro atoms. The molecule has 4 nitrogen and oxygen atoms in total. The Labute approximate surface area is 127 Å². The van der Waals surface area contributed by atoms with E-state index in [1.54, 1.807) is 4.90 Å². The number of carbonyl (C=O) groups is 1. The Morgan fingerprint density at radius 1 is 1.38 bits per heavy atom. The van der Waals surface area contributed by atoms with Gasteiger partial charge in [-0.2, -0.15) is 0 Å². The van der Waals surface area contributed by atoms with Crippen molar-refractivity contribution in [3.05, 3.63) is 35.4 Å². The number of nitrogens with one attached hydrogen (secondary N) is 1. The van der Waals surface area contributed by atoms with Crippen LogP contribution in [-0.2, 0) is 16.1 Å². The molecule has 1 heterocycles. The first-order valence-corrected chi connectivity index (χ1v) is 7.61. The summed E-state index contributed by atoms with van der Waals surface area (Å²) in [6, 6.07) is 8.21. The zero-order valence-electron chi connectivity index (χ0n) is 13.4. The number of ether oxygens (including phenoxy) is 1. The van der Waals surface area contributed by atoms with E-state index >= 15 is 0 Å². The molecular weight excluding hydrogens is 264 g/mol. The maximum Gasteiger partial charge on any atom is 0.239 e. The Morgan fingerprint density at radius 2 is 2.10 bits per heavy atom. The molecule has 1 aromatic rings. The lowest BCUT2D eigenvalue weighted by atomic mass is 9.96. The minimum Gasteiger partial charge on any atom is -0.375 e. The molecule has 1 aliphatic rings. The predicted molar refractivity (Wildman–Crippen MR) is 83.9 cm³/mol. The monoisotopic (exact) mass is 290 g/mol. The van der Waals surface area contributed by atoms with Crippen LogP contribution in [0.5, 0.6) is 0 Å². The van der Waals surface area contributed by atoms with Gasteiger partial charge in [0.2, 0.25) is 5.91 Å². The average Bonchev–Trinajstić information content (AvgIpc) is 2.45. The molecule has 116 valence electrons. The van der Waals surface area contributed by atoms with Crippen LogP contribution in [0.1, 0.15) is 37.4 Å². The second-order valence-corrected chi connectivity index (χ2v) is 6.35. The van der Waals surface area contributed by atoms with Crippen molar-refractivity contribution in [2.75, 3.05) is 20.7 Å². The highest BCUT2D eigenvalue weighted by Gasteiger charge is 2.28. The molecule has 1 amide bonds. The molecule has 0 saturated carbocycles. The van der Waals surface area contributed by atoms with Gasteiger partial charge in [0.25, 0.3) is 0 Å². The molecule has 4 heteroatoms. The smallest absolute Gasteiger partial charge is 0.239 e. The number of hydrogen-bond acceptors (Lipinski definition) is 3. The van der Waals surface area contributed by atoms with E-state index in [2.05, 4.69) is 31.3 Å². The molecule has 2 rings (SSSR count). The van der Waals surface area contributed by atoms with Crippen molar-refractivity contribution in [2.45, 2.75) is 39.0 Å². The van der Waals surface area contributed by atoms with Gasteiger partial charge in [0.05, 0.1) is 25.3 Å². The summed E-state index contributed by atoms with van der Waals surface area (Å²) in [5.41, 5.74) is 2.46. The summed E-state index contributed by atoms with van der Waals surface area (Å²) in [6.45, 7) is 5.56. The van der Waals surface area contributed by atoms with E-state index in [1.165, 1.54) is 11.1 Å². The number of likely N-dealkylation sites (N-methyl/N-ethyl adjacent to an activating group) is 1. The molecule has 2 atom stereocenters. The van der Waals surface area contributed by atoms with Crippen LogP contribution >= 0.6 is 0 Å². The van der Waals surface area contributed by atoms with Crippen molar-refractivity contribution in [3.63, 3.8) is 0 Å². The fraction of sp³-hybridized carbons (Fsp3) is 0.588. The zero-order chi connectivity index (χ0) is 15.4. The molecule has 1 aromatic carbocycles. The van der Waals surface area contributed by atoms with Crippen molar-refractivity contribution >= 4 is 5.91 Å². The topological polar surface area (TPSA) is 41.6 Å². The number of benzene rings is 1. The standard InChI is InChI=1S/C17H26N2O2/c1-12(2)9-15(17(20)19(3)4)18-16-11-21-10-13-7-5-6-8-14(13)16/h5-8,12,15-16,18H,9-11H2,1-4H3. The number of fused-ring (bicyclic) bond motifs is 1. The summed E-state index contributed by atoms with van der Waals surface area (Å²) in [4.78, 5) is 14.0. The summed E-state index contributed by atoms with van der Waals surface area (Å²) < 4.78 is 5.67. The largest absolute Gasteiger partial charge is 0.375 e. The highest BCUT2D eigenvalue weighted by atomic mass is 16.5. The van der Waals surface area contributed by atoms with Crippen LogP contribution in [-0.4, -0.2) is 37.6 Å². The maximum absolute atomic E-state index is 12.4. The Hall–Kier alpha value is -1.39. The van der Waals surface area contributed by atoms with E-state index in [0.717, 1.165) is 6.42 Å². The first kappa shape index (κ1) is 16.0. The Balaban J connectivity index is 2.15. The molecule has 2 unspecified atom stereocenters. The van der Waals surface area contributed by atoms with Gasteiger partial charge in [-0.3, -0.25) is 10.1 Å². The third-order valence-electron chi connectivity index (χ3n) is 3.82. The highest BCUT2D eigenvalue weighted by molar-refractivity contribution is 5.81. The van der Waals surface area contributed by atoms with Crippen molar-refractivity contribution in [1.82, 2.24) is 10.2 Å². The number of carbonyl (C=O) groups excluding carboxylic acids is 1. The Kier molecular flexibility index (Phi) is 5.37. The number of amides is 1. The summed E-state index contributed by atoms with van der Waals surface area (Å²) in [6.07, 6.45) is 0.829. The second-order valence-electron chi connectivity index (χ2n) is 6.35. The molecule has 1 N–H and O–H groups in total.